The van der Waals surface area contributed by atoms with Crippen molar-refractivity contribution in [1.82, 2.24) is 9.27 Å². The van der Waals surface area contributed by atoms with Crippen molar-refractivity contribution in [3.8, 4) is 0 Å². The van der Waals surface area contributed by atoms with Crippen LogP contribution >= 0.6 is 11.5 Å². The van der Waals surface area contributed by atoms with Crippen LogP contribution in [0.4, 0.5) is 10.8 Å². The summed E-state index contributed by atoms with van der Waals surface area (Å²) >= 11 is 1.10. The molecule has 0 bridgehead atoms. The Labute approximate surface area is 125 Å². The van der Waals surface area contributed by atoms with Crippen molar-refractivity contribution in [1.29, 1.82) is 0 Å². The van der Waals surface area contributed by atoms with Gasteiger partial charge in [0.15, 0.2) is 15.7 Å². The van der Waals surface area contributed by atoms with Crippen molar-refractivity contribution in [2.45, 2.75) is 38.1 Å². The maximum Gasteiger partial charge on any atom is 0.184 e. The molecule has 0 radical (unpaired) electrons. The Balaban J connectivity index is 2.71. The third kappa shape index (κ3) is 4.07. The van der Waals surface area contributed by atoms with Crippen molar-refractivity contribution in [3.05, 3.63) is 0 Å². The van der Waals surface area contributed by atoms with Gasteiger partial charge < -0.3 is 16.0 Å². The predicted octanol–water partition coefficient (Wildman–Crippen LogP) is 1.66. The summed E-state index contributed by atoms with van der Waals surface area (Å²) in [5.41, 5.74) is 5.67. The topological polar surface area (TPSA) is 88.3 Å². The lowest BCUT2D eigenvalue weighted by Gasteiger charge is -2.23. The molecule has 8 heteroatoms. The van der Waals surface area contributed by atoms with Crippen molar-refractivity contribution >= 4 is 32.2 Å². The quantitative estimate of drug-likeness (QED) is 0.757. The normalized spacial score (nSPS) is 13.7. The first kappa shape index (κ1) is 17.2. The van der Waals surface area contributed by atoms with Crippen molar-refractivity contribution in [2.24, 2.45) is 0 Å². The highest BCUT2D eigenvalue weighted by Gasteiger charge is 2.23. The van der Waals surface area contributed by atoms with Crippen molar-refractivity contribution in [3.63, 3.8) is 0 Å². The summed E-state index contributed by atoms with van der Waals surface area (Å²) in [6.07, 6.45) is 1.08. The summed E-state index contributed by atoms with van der Waals surface area (Å²) in [4.78, 5) is 2.38. The zero-order chi connectivity index (χ0) is 15.3. The molecule has 0 spiro atoms. The van der Waals surface area contributed by atoms with Crippen LogP contribution in [0.3, 0.4) is 0 Å². The molecule has 0 aliphatic heterocycles. The number of nitrogens with two attached hydrogens (primary N) is 1. The van der Waals surface area contributed by atoms with Crippen LogP contribution in [0.5, 0.6) is 0 Å². The number of nitrogen functional groups attached to an aromatic ring is 1. The number of nitrogens with one attached hydrogen (secondary N) is 1. The van der Waals surface area contributed by atoms with E-state index in [0.29, 0.717) is 17.6 Å². The fraction of sp³-hybridized carbons (Fsp3) is 0.750. The van der Waals surface area contributed by atoms with Gasteiger partial charge in [-0.1, -0.05) is 13.8 Å². The van der Waals surface area contributed by atoms with E-state index < -0.39 is 9.84 Å². The first-order chi connectivity index (χ1) is 9.33. The average molecular weight is 320 g/mol. The lowest BCUT2D eigenvalue weighted by molar-refractivity contribution is 0.261. The molecular formula is C12H24N4O2S2. The maximum atomic E-state index is 12.0. The molecule has 0 amide bonds. The van der Waals surface area contributed by atoms with E-state index >= 15 is 0 Å². The van der Waals surface area contributed by atoms with Crippen LogP contribution in [0.1, 0.15) is 27.2 Å². The Hall–Kier alpha value is -0.860. The number of sulfone groups is 1. The number of anilines is 2. The van der Waals surface area contributed by atoms with Crippen molar-refractivity contribution < 1.29 is 8.42 Å². The van der Waals surface area contributed by atoms with Gasteiger partial charge in [0.05, 0.1) is 5.75 Å². The first-order valence-corrected chi connectivity index (χ1v) is 9.18. The molecule has 0 saturated carbocycles. The van der Waals surface area contributed by atoms with Gasteiger partial charge in [-0.25, -0.2) is 8.42 Å². The smallest absolute Gasteiger partial charge is 0.184 e. The van der Waals surface area contributed by atoms with E-state index in [2.05, 4.69) is 35.5 Å². The Kier molecular flexibility index (Phi) is 6.22. The molecule has 1 aromatic rings. The largest absolute Gasteiger partial charge is 0.382 e. The van der Waals surface area contributed by atoms with Gasteiger partial charge in [-0.3, -0.25) is 0 Å². The van der Waals surface area contributed by atoms with Gasteiger partial charge in [-0.05, 0) is 31.9 Å². The van der Waals surface area contributed by atoms with E-state index in [1.807, 2.05) is 0 Å². The highest BCUT2D eigenvalue weighted by Crippen LogP contribution is 2.31. The summed E-state index contributed by atoms with van der Waals surface area (Å²) in [7, 11) is -1.28. The molecule has 0 aliphatic carbocycles. The van der Waals surface area contributed by atoms with Crippen molar-refractivity contribution in [2.75, 3.05) is 36.9 Å². The second-order valence-corrected chi connectivity index (χ2v) is 7.78. The monoisotopic (exact) mass is 320 g/mol. The second kappa shape index (κ2) is 7.24. The Morgan fingerprint density at radius 1 is 1.45 bits per heavy atom. The summed E-state index contributed by atoms with van der Waals surface area (Å²) in [6, 6.07) is 0.502. The number of rotatable bonds is 8. The van der Waals surface area contributed by atoms with Crippen LogP contribution in [-0.4, -0.2) is 49.6 Å². The van der Waals surface area contributed by atoms with E-state index in [4.69, 9.17) is 5.73 Å². The third-order valence-corrected chi connectivity index (χ3v) is 6.20. The lowest BCUT2D eigenvalue weighted by atomic mass is 10.2. The fourth-order valence-electron chi connectivity index (χ4n) is 1.73. The predicted molar refractivity (Wildman–Crippen MR) is 85.1 cm³/mol. The Bertz CT molecular complexity index is 528. The van der Waals surface area contributed by atoms with Crippen LogP contribution in [-0.2, 0) is 9.84 Å². The number of hydrogen-bond acceptors (Lipinski definition) is 7. The standard InChI is InChI=1S/C12H24N4O2S2/c1-5-9(3)16(4)8-7-14-12-10(11(13)15-19-12)20(17,18)6-2/h9,14H,5-8H2,1-4H3,(H2,13,15). The minimum Gasteiger partial charge on any atom is -0.382 e. The van der Waals surface area contributed by atoms with Gasteiger partial charge in [-0.15, -0.1) is 0 Å². The fourth-order valence-corrected chi connectivity index (χ4v) is 3.92. The van der Waals surface area contributed by atoms with Crippen LogP contribution in [0.2, 0.25) is 0 Å². The van der Waals surface area contributed by atoms with Gasteiger partial charge >= 0.3 is 0 Å². The van der Waals surface area contributed by atoms with Gasteiger partial charge in [0, 0.05) is 19.1 Å². The first-order valence-electron chi connectivity index (χ1n) is 6.75. The molecule has 0 fully saturated rings. The van der Waals surface area contributed by atoms with Crippen LogP contribution in [0.15, 0.2) is 4.90 Å². The van der Waals surface area contributed by atoms with E-state index in [1.165, 1.54) is 0 Å². The number of likely N-dealkylation sites (N-methyl/N-ethyl adjacent to an activating group) is 1. The highest BCUT2D eigenvalue weighted by atomic mass is 32.2. The molecule has 3 N–H and O–H groups in total. The molecule has 6 nitrogen and oxygen atoms in total. The molecule has 0 saturated heterocycles. The van der Waals surface area contributed by atoms with Gasteiger partial charge in [-0.2, -0.15) is 4.37 Å². The van der Waals surface area contributed by atoms with Crippen LogP contribution in [0, 0.1) is 0 Å². The average Bonchev–Trinajstić information content (AvgIpc) is 2.79. The van der Waals surface area contributed by atoms with E-state index in [0.717, 1.165) is 24.5 Å². The molecule has 1 unspecified atom stereocenters. The summed E-state index contributed by atoms with van der Waals surface area (Å²) < 4.78 is 27.9. The van der Waals surface area contributed by atoms with E-state index in [9.17, 15) is 8.42 Å². The summed E-state index contributed by atoms with van der Waals surface area (Å²) in [5, 5.41) is 3.68. The molecule has 116 valence electrons. The Morgan fingerprint density at radius 3 is 2.65 bits per heavy atom. The molecule has 1 heterocycles. The lowest BCUT2D eigenvalue weighted by Crippen LogP contribution is -2.32. The zero-order valence-electron chi connectivity index (χ0n) is 12.5. The minimum absolute atomic E-state index is 0.0249. The molecular weight excluding hydrogens is 296 g/mol. The molecule has 1 aromatic heterocycles. The number of nitrogens with zero attached hydrogens (tertiary/aromatic N) is 2. The Morgan fingerprint density at radius 2 is 2.10 bits per heavy atom. The van der Waals surface area contributed by atoms with Gasteiger partial charge in [0.25, 0.3) is 0 Å². The van der Waals surface area contributed by atoms with Crippen LogP contribution in [0.25, 0.3) is 0 Å². The molecule has 0 aromatic carbocycles. The number of aromatic nitrogens is 1. The molecule has 1 atom stereocenters. The molecule has 1 rings (SSSR count). The molecule has 0 aliphatic rings. The van der Waals surface area contributed by atoms with Gasteiger partial charge in [0.1, 0.15) is 9.90 Å². The zero-order valence-corrected chi connectivity index (χ0v) is 14.1. The maximum absolute atomic E-state index is 12.0. The minimum atomic E-state index is -3.34. The highest BCUT2D eigenvalue weighted by molar-refractivity contribution is 7.91. The molecule has 20 heavy (non-hydrogen) atoms. The number of hydrogen-bond donors (Lipinski definition) is 2. The van der Waals surface area contributed by atoms with Gasteiger partial charge in [0.2, 0.25) is 0 Å². The summed E-state index contributed by atoms with van der Waals surface area (Å²) in [5.74, 6) is 0.117. The van der Waals surface area contributed by atoms with Crippen LogP contribution < -0.4 is 11.1 Å². The second-order valence-electron chi connectivity index (χ2n) is 4.79. The van der Waals surface area contributed by atoms with E-state index in [1.54, 1.807) is 6.92 Å². The van der Waals surface area contributed by atoms with E-state index in [-0.39, 0.29) is 16.5 Å². The summed E-state index contributed by atoms with van der Waals surface area (Å²) in [6.45, 7) is 7.40. The third-order valence-electron chi connectivity index (χ3n) is 3.46. The SMILES string of the molecule is CCC(C)N(C)CCNc1snc(N)c1S(=O)(=O)CC.